The zero-order valence-electron chi connectivity index (χ0n) is 13.3. The van der Waals surface area contributed by atoms with E-state index in [2.05, 4.69) is 22.4 Å². The van der Waals surface area contributed by atoms with Crippen LogP contribution in [0.15, 0.2) is 48.8 Å². The van der Waals surface area contributed by atoms with E-state index < -0.39 is 0 Å². The maximum absolute atomic E-state index is 12.4. The standard InChI is InChI=1S/C19H19N3O2/c23-18-10-16(21-19(24)15-6-3-7-20-11-15)12-22(18)17-8-13-4-1-2-5-14(13)9-17/h1-7,11,16-17H,8-10,12H2,(H,21,24)/t16-/m1/s1. The molecule has 1 atom stereocenters. The molecular weight excluding hydrogens is 302 g/mol. The van der Waals surface area contributed by atoms with E-state index in [9.17, 15) is 9.59 Å². The molecule has 1 fully saturated rings. The maximum Gasteiger partial charge on any atom is 0.253 e. The molecule has 1 aromatic carbocycles. The summed E-state index contributed by atoms with van der Waals surface area (Å²) < 4.78 is 0. The molecule has 2 aromatic rings. The first kappa shape index (κ1) is 14.9. The lowest BCUT2D eigenvalue weighted by Gasteiger charge is -2.24. The Hall–Kier alpha value is -2.69. The minimum Gasteiger partial charge on any atom is -0.347 e. The third-order valence-corrected chi connectivity index (χ3v) is 4.89. The number of rotatable bonds is 3. The van der Waals surface area contributed by atoms with Crippen LogP contribution in [0, 0.1) is 0 Å². The van der Waals surface area contributed by atoms with Gasteiger partial charge in [0.05, 0.1) is 11.6 Å². The molecular formula is C19H19N3O2. The SMILES string of the molecule is O=C(N[C@@H]1CC(=O)N(C2Cc3ccccc3C2)C1)c1cccnc1. The zero-order chi connectivity index (χ0) is 16.5. The van der Waals surface area contributed by atoms with Gasteiger partial charge >= 0.3 is 0 Å². The van der Waals surface area contributed by atoms with E-state index in [1.165, 1.54) is 17.3 Å². The highest BCUT2D eigenvalue weighted by Gasteiger charge is 2.37. The minimum absolute atomic E-state index is 0.129. The molecule has 5 nitrogen and oxygen atoms in total. The van der Waals surface area contributed by atoms with Gasteiger partial charge in [-0.05, 0) is 36.1 Å². The lowest BCUT2D eigenvalue weighted by atomic mass is 10.1. The number of aromatic nitrogens is 1. The third-order valence-electron chi connectivity index (χ3n) is 4.89. The summed E-state index contributed by atoms with van der Waals surface area (Å²) >= 11 is 0. The summed E-state index contributed by atoms with van der Waals surface area (Å²) in [5, 5.41) is 2.96. The average molecular weight is 321 g/mol. The Bertz CT molecular complexity index is 750. The van der Waals surface area contributed by atoms with Gasteiger partial charge in [-0.3, -0.25) is 14.6 Å². The van der Waals surface area contributed by atoms with Gasteiger partial charge < -0.3 is 10.2 Å². The Balaban J connectivity index is 1.40. The monoisotopic (exact) mass is 321 g/mol. The minimum atomic E-state index is -0.169. The van der Waals surface area contributed by atoms with Gasteiger partial charge in [-0.15, -0.1) is 0 Å². The summed E-state index contributed by atoms with van der Waals surface area (Å²) in [5.41, 5.74) is 3.19. The summed E-state index contributed by atoms with van der Waals surface area (Å²) in [6.07, 6.45) is 5.36. The first-order chi connectivity index (χ1) is 11.7. The third kappa shape index (κ3) is 2.77. The number of nitrogens with zero attached hydrogens (tertiary/aromatic N) is 2. The van der Waals surface area contributed by atoms with Crippen LogP contribution < -0.4 is 5.32 Å². The second-order valence-corrected chi connectivity index (χ2v) is 6.49. The molecule has 5 heteroatoms. The number of likely N-dealkylation sites (tertiary alicyclic amines) is 1. The highest BCUT2D eigenvalue weighted by Crippen LogP contribution is 2.28. The lowest BCUT2D eigenvalue weighted by Crippen LogP contribution is -2.41. The Morgan fingerprint density at radius 3 is 2.50 bits per heavy atom. The molecule has 24 heavy (non-hydrogen) atoms. The fraction of sp³-hybridized carbons (Fsp3) is 0.316. The number of hydrogen-bond donors (Lipinski definition) is 1. The number of carbonyl (C=O) groups excluding carboxylic acids is 2. The van der Waals surface area contributed by atoms with Gasteiger partial charge in [-0.1, -0.05) is 24.3 Å². The molecule has 0 bridgehead atoms. The van der Waals surface area contributed by atoms with Crippen LogP contribution >= 0.6 is 0 Å². The Morgan fingerprint density at radius 2 is 1.83 bits per heavy atom. The van der Waals surface area contributed by atoms with Crippen molar-refractivity contribution in [3.05, 3.63) is 65.5 Å². The van der Waals surface area contributed by atoms with Crippen molar-refractivity contribution in [2.24, 2.45) is 0 Å². The van der Waals surface area contributed by atoms with Crippen molar-refractivity contribution < 1.29 is 9.59 Å². The molecule has 2 aliphatic rings. The van der Waals surface area contributed by atoms with E-state index >= 15 is 0 Å². The van der Waals surface area contributed by atoms with Crippen LogP contribution in [0.4, 0.5) is 0 Å². The molecule has 4 rings (SSSR count). The highest BCUT2D eigenvalue weighted by atomic mass is 16.2. The predicted molar refractivity (Wildman–Crippen MR) is 89.5 cm³/mol. The number of benzene rings is 1. The summed E-state index contributed by atoms with van der Waals surface area (Å²) in [4.78, 5) is 30.5. The normalized spacial score (nSPS) is 20.2. The van der Waals surface area contributed by atoms with Gasteiger partial charge in [0, 0.05) is 31.4 Å². The molecule has 0 radical (unpaired) electrons. The highest BCUT2D eigenvalue weighted by molar-refractivity contribution is 5.94. The van der Waals surface area contributed by atoms with Crippen LogP contribution in [0.3, 0.4) is 0 Å². The van der Waals surface area contributed by atoms with Crippen LogP contribution in [-0.4, -0.2) is 40.3 Å². The molecule has 1 saturated heterocycles. The Morgan fingerprint density at radius 1 is 1.08 bits per heavy atom. The van der Waals surface area contributed by atoms with Crippen LogP contribution in [0.2, 0.25) is 0 Å². The van der Waals surface area contributed by atoms with Crippen LogP contribution in [0.25, 0.3) is 0 Å². The van der Waals surface area contributed by atoms with Gasteiger partial charge in [0.15, 0.2) is 0 Å². The molecule has 1 aliphatic heterocycles. The van der Waals surface area contributed by atoms with Crippen molar-refractivity contribution >= 4 is 11.8 Å². The van der Waals surface area contributed by atoms with Crippen molar-refractivity contribution in [1.29, 1.82) is 0 Å². The van der Waals surface area contributed by atoms with Crippen molar-refractivity contribution in [3.63, 3.8) is 0 Å². The van der Waals surface area contributed by atoms with E-state index in [0.717, 1.165) is 12.8 Å². The largest absolute Gasteiger partial charge is 0.347 e. The van der Waals surface area contributed by atoms with E-state index in [1.807, 2.05) is 17.0 Å². The molecule has 1 N–H and O–H groups in total. The van der Waals surface area contributed by atoms with E-state index in [1.54, 1.807) is 18.3 Å². The fourth-order valence-electron chi connectivity index (χ4n) is 3.70. The van der Waals surface area contributed by atoms with Crippen LogP contribution in [0.5, 0.6) is 0 Å². The van der Waals surface area contributed by atoms with E-state index in [-0.39, 0.29) is 23.9 Å². The Kier molecular flexibility index (Phi) is 3.76. The van der Waals surface area contributed by atoms with Gasteiger partial charge in [0.25, 0.3) is 5.91 Å². The van der Waals surface area contributed by atoms with E-state index in [0.29, 0.717) is 18.5 Å². The quantitative estimate of drug-likeness (QED) is 0.933. The number of pyridine rings is 1. The van der Waals surface area contributed by atoms with Gasteiger partial charge in [-0.2, -0.15) is 0 Å². The summed E-state index contributed by atoms with van der Waals surface area (Å²) in [7, 11) is 0. The number of fused-ring (bicyclic) bond motifs is 1. The molecule has 1 aliphatic carbocycles. The molecule has 0 spiro atoms. The summed E-state index contributed by atoms with van der Waals surface area (Å²) in [6, 6.07) is 11.9. The number of amides is 2. The summed E-state index contributed by atoms with van der Waals surface area (Å²) in [6.45, 7) is 0.587. The smallest absolute Gasteiger partial charge is 0.253 e. The summed E-state index contributed by atoms with van der Waals surface area (Å²) in [5.74, 6) is -0.0400. The second-order valence-electron chi connectivity index (χ2n) is 6.49. The Labute approximate surface area is 140 Å². The average Bonchev–Trinajstić information content (AvgIpc) is 3.18. The fourth-order valence-corrected chi connectivity index (χ4v) is 3.70. The van der Waals surface area contributed by atoms with E-state index in [4.69, 9.17) is 0 Å². The van der Waals surface area contributed by atoms with Gasteiger partial charge in [0.2, 0.25) is 5.91 Å². The second kappa shape index (κ2) is 6.07. The molecule has 0 unspecified atom stereocenters. The molecule has 122 valence electrons. The maximum atomic E-state index is 12.4. The van der Waals surface area contributed by atoms with Gasteiger partial charge in [0.1, 0.15) is 0 Å². The molecule has 1 aromatic heterocycles. The number of carbonyl (C=O) groups is 2. The number of hydrogen-bond acceptors (Lipinski definition) is 3. The molecule has 0 saturated carbocycles. The van der Waals surface area contributed by atoms with Crippen LogP contribution in [0.1, 0.15) is 27.9 Å². The van der Waals surface area contributed by atoms with Gasteiger partial charge in [-0.25, -0.2) is 0 Å². The molecule has 2 heterocycles. The van der Waals surface area contributed by atoms with Crippen molar-refractivity contribution in [2.75, 3.05) is 6.54 Å². The first-order valence-corrected chi connectivity index (χ1v) is 8.28. The zero-order valence-corrected chi connectivity index (χ0v) is 13.3. The topological polar surface area (TPSA) is 62.3 Å². The lowest BCUT2D eigenvalue weighted by molar-refractivity contribution is -0.129. The van der Waals surface area contributed by atoms with Crippen molar-refractivity contribution in [2.45, 2.75) is 31.3 Å². The molecule has 2 amide bonds. The van der Waals surface area contributed by atoms with Crippen molar-refractivity contribution in [3.8, 4) is 0 Å². The predicted octanol–water partition coefficient (Wildman–Crippen LogP) is 1.58. The first-order valence-electron chi connectivity index (χ1n) is 8.28. The van der Waals surface area contributed by atoms with Crippen LogP contribution in [-0.2, 0) is 17.6 Å². The van der Waals surface area contributed by atoms with Crippen molar-refractivity contribution in [1.82, 2.24) is 15.2 Å². The number of nitrogens with one attached hydrogen (secondary N) is 1.